The molecule has 77 heavy (non-hydrogen) atoms. The van der Waals surface area contributed by atoms with Crippen LogP contribution in [0.3, 0.4) is 0 Å². The van der Waals surface area contributed by atoms with Crippen LogP contribution in [0.4, 0.5) is 4.79 Å². The van der Waals surface area contributed by atoms with Gasteiger partial charge < -0.3 is 77.4 Å². The second kappa shape index (κ2) is 31.0. The third kappa shape index (κ3) is 20.7. The summed E-state index contributed by atoms with van der Waals surface area (Å²) in [6.07, 6.45) is 1.98. The Kier molecular flexibility index (Phi) is 26.0. The zero-order valence-corrected chi connectivity index (χ0v) is 44.5. The Hall–Kier alpha value is -6.59. The zero-order valence-electron chi connectivity index (χ0n) is 42.9. The summed E-state index contributed by atoms with van der Waals surface area (Å²) in [4.78, 5) is 150. The normalized spacial score (nSPS) is 23.2. The van der Waals surface area contributed by atoms with Crippen molar-refractivity contribution in [2.45, 2.75) is 140 Å². The van der Waals surface area contributed by atoms with Crippen LogP contribution in [0.15, 0.2) is 23.8 Å². The van der Waals surface area contributed by atoms with Crippen LogP contribution in [0, 0.1) is 28.6 Å². The van der Waals surface area contributed by atoms with E-state index in [1.54, 1.807) is 19.9 Å². The van der Waals surface area contributed by atoms with Gasteiger partial charge in [-0.05, 0) is 69.4 Å². The lowest BCUT2D eigenvalue weighted by Gasteiger charge is -2.58. The molecular weight excluding hydrogens is 1060 g/mol. The Bertz CT molecular complexity index is 2280. The number of aliphatic hydroxyl groups excluding tert-OH is 1. The van der Waals surface area contributed by atoms with E-state index in [4.69, 9.17) is 20.6 Å². The standard InChI is InChI=1S/C48H70N8O19S2/c1-4-6-36(61)52-32(20-37(62)63)42(68)53-30(7-5-15-51-45(49)50)40(66)55-33(21-38(64)65)43(69)54-31(13-16-57)41(67)56-34(44(70)71)24-77-76-18-17-74-46(72)75-23-27(59)9-11-29-28-10-8-25-19-26(58)12-14-47(25,2)39(28)35(60)22-48(29,3)73/h12,14,16,19,28-35,39,60,73H,4-11,13,15,17-18,20-24H2,1-3H3,(H,52,61)(H,53,68)(H,54,69)(H,55,66)(H,56,67)(H,62,63)(H,64,65)(H,70,71)(H4,49,50,51). The number of guanidine groups is 1. The number of carbonyl (C=O) groups excluding carboxylic acids is 9. The highest BCUT2D eigenvalue weighted by Crippen LogP contribution is 2.59. The number of carbonyl (C=O) groups is 12. The van der Waals surface area contributed by atoms with Crippen molar-refractivity contribution >= 4 is 99.0 Å². The van der Waals surface area contributed by atoms with Crippen LogP contribution < -0.4 is 37.6 Å². The van der Waals surface area contributed by atoms with Crippen LogP contribution in [-0.2, 0) is 62.2 Å². The van der Waals surface area contributed by atoms with Crippen molar-refractivity contribution in [3.8, 4) is 0 Å². The summed E-state index contributed by atoms with van der Waals surface area (Å²) in [5, 5.41) is 72.2. The topological polar surface area (TPSA) is 446 Å². The molecule has 0 heterocycles. The number of nitrogens with one attached hydrogen (secondary N) is 7. The molecule has 27 nitrogen and oxygen atoms in total. The molecule has 29 heteroatoms. The number of carboxylic acid groups (broad SMARTS) is 3. The molecule has 14 N–H and O–H groups in total. The van der Waals surface area contributed by atoms with Crippen LogP contribution >= 0.6 is 21.6 Å². The number of amides is 5. The number of aliphatic hydroxyl groups is 2. The average molecular weight is 1130 g/mol. The first-order chi connectivity index (χ1) is 36.2. The fourth-order valence-corrected chi connectivity index (χ4v) is 11.7. The van der Waals surface area contributed by atoms with Gasteiger partial charge in [-0.25, -0.2) is 9.59 Å². The maximum absolute atomic E-state index is 13.6. The number of aldehydes is 1. The summed E-state index contributed by atoms with van der Waals surface area (Å²) in [7, 11) is 1.95. The van der Waals surface area contributed by atoms with E-state index in [-0.39, 0.29) is 93.0 Å². The van der Waals surface area contributed by atoms with Crippen molar-refractivity contribution in [3.63, 3.8) is 0 Å². The number of carboxylic acids is 3. The molecule has 11 unspecified atom stereocenters. The van der Waals surface area contributed by atoms with Crippen LogP contribution in [0.2, 0.25) is 0 Å². The first kappa shape index (κ1) is 64.7. The summed E-state index contributed by atoms with van der Waals surface area (Å²) >= 11 is 0. The molecule has 0 bridgehead atoms. The van der Waals surface area contributed by atoms with E-state index >= 15 is 0 Å². The molecule has 3 rings (SSSR count). The second-order valence-corrected chi connectivity index (χ2v) is 21.9. The van der Waals surface area contributed by atoms with E-state index in [2.05, 4.69) is 31.9 Å². The minimum Gasteiger partial charge on any atom is -0.481 e. The Morgan fingerprint density at radius 1 is 0.857 bits per heavy atom. The van der Waals surface area contributed by atoms with Crippen LogP contribution in [0.5, 0.6) is 0 Å². The van der Waals surface area contributed by atoms with Gasteiger partial charge >= 0.3 is 24.1 Å². The van der Waals surface area contributed by atoms with E-state index in [9.17, 15) is 83.1 Å². The van der Waals surface area contributed by atoms with Gasteiger partial charge in [0.15, 0.2) is 24.1 Å². The number of rotatable bonds is 33. The Morgan fingerprint density at radius 2 is 1.45 bits per heavy atom. The third-order valence-corrected chi connectivity index (χ3v) is 15.7. The van der Waals surface area contributed by atoms with E-state index in [1.165, 1.54) is 6.08 Å². The summed E-state index contributed by atoms with van der Waals surface area (Å²) in [6, 6.07) is -8.67. The van der Waals surface area contributed by atoms with Gasteiger partial charge in [-0.15, -0.1) is 0 Å². The first-order valence-electron chi connectivity index (χ1n) is 24.8. The largest absolute Gasteiger partial charge is 0.508 e. The van der Waals surface area contributed by atoms with Gasteiger partial charge in [0.1, 0.15) is 43.1 Å². The molecule has 2 saturated carbocycles. The summed E-state index contributed by atoms with van der Waals surface area (Å²) in [5.41, 5.74) is 4.37. The van der Waals surface area contributed by atoms with Crippen molar-refractivity contribution < 1.29 is 92.5 Å². The van der Waals surface area contributed by atoms with Gasteiger partial charge in [0.2, 0.25) is 29.5 Å². The molecule has 2 fully saturated rings. The Morgan fingerprint density at radius 3 is 2.06 bits per heavy atom. The van der Waals surface area contributed by atoms with Crippen molar-refractivity contribution in [3.05, 3.63) is 23.8 Å². The van der Waals surface area contributed by atoms with Crippen LogP contribution in [0.1, 0.15) is 97.8 Å². The SMILES string of the molecule is CCCC(=O)NC(CC(=O)O)C(=O)NC(CCCNC(=N)N)C(=O)NC(CC(=O)O)C(=O)NC(CC=O)C(=O)NC(CSSCCOC(=O)OCC(=O)CCC1C2CCC3=CC(=O)C=CC3(C)C2C(O)CC1(C)O)C(=O)O. The average Bonchev–Trinajstić information content (AvgIpc) is 3.33. The Balaban J connectivity index is 1.52. The molecule has 11 atom stereocenters. The van der Waals surface area contributed by atoms with Crippen LogP contribution in [0.25, 0.3) is 0 Å². The number of hydrogen-bond acceptors (Lipinski definition) is 19. The van der Waals surface area contributed by atoms with Crippen molar-refractivity contribution in [1.29, 1.82) is 5.41 Å². The summed E-state index contributed by atoms with van der Waals surface area (Å²) < 4.78 is 10.00. The predicted molar refractivity (Wildman–Crippen MR) is 274 cm³/mol. The van der Waals surface area contributed by atoms with Gasteiger partial charge in [-0.3, -0.25) is 48.6 Å². The molecule has 3 aliphatic rings. The van der Waals surface area contributed by atoms with Gasteiger partial charge in [0.05, 0.1) is 24.5 Å². The quantitative estimate of drug-likeness (QED) is 0.00956. The number of fused-ring (bicyclic) bond motifs is 3. The minimum absolute atomic E-state index is 0.0117. The fourth-order valence-electron chi connectivity index (χ4n) is 9.73. The number of ketones is 2. The number of ether oxygens (including phenoxy) is 2. The van der Waals surface area contributed by atoms with Crippen LogP contribution in [-0.4, -0.2) is 176 Å². The van der Waals surface area contributed by atoms with Gasteiger partial charge in [-0.2, -0.15) is 0 Å². The summed E-state index contributed by atoms with van der Waals surface area (Å²) in [5.74, 6) is -12.1. The molecule has 0 aromatic carbocycles. The lowest BCUT2D eigenvalue weighted by Crippen LogP contribution is -2.59. The molecular formula is C48H70N8O19S2. The number of aliphatic carboxylic acids is 3. The van der Waals surface area contributed by atoms with Gasteiger partial charge in [-0.1, -0.05) is 47.1 Å². The monoisotopic (exact) mass is 1130 g/mol. The number of Topliss-reactive ketones (excluding diaryl/α,β-unsaturated/α-hetero) is 1. The molecule has 428 valence electrons. The van der Waals surface area contributed by atoms with E-state index in [0.717, 1.165) is 27.2 Å². The van der Waals surface area contributed by atoms with E-state index < -0.39 is 139 Å². The second-order valence-electron chi connectivity index (χ2n) is 19.3. The molecule has 0 aliphatic heterocycles. The molecule has 3 aliphatic carbocycles. The molecule has 5 amide bonds. The maximum atomic E-state index is 13.6. The lowest BCUT2D eigenvalue weighted by molar-refractivity contribution is -0.160. The molecule has 0 aromatic rings. The highest BCUT2D eigenvalue weighted by Gasteiger charge is 2.57. The van der Waals surface area contributed by atoms with Crippen molar-refractivity contribution in [2.75, 3.05) is 31.3 Å². The molecule has 0 radical (unpaired) electrons. The molecule has 0 spiro atoms. The van der Waals surface area contributed by atoms with Crippen molar-refractivity contribution in [2.24, 2.45) is 28.9 Å². The van der Waals surface area contributed by atoms with Gasteiger partial charge in [0, 0.05) is 55.1 Å². The van der Waals surface area contributed by atoms with Gasteiger partial charge in [0.25, 0.3) is 0 Å². The third-order valence-electron chi connectivity index (χ3n) is 13.4. The molecule has 0 saturated heterocycles. The van der Waals surface area contributed by atoms with E-state index in [1.807, 2.05) is 13.0 Å². The maximum Gasteiger partial charge on any atom is 0.508 e. The minimum atomic E-state index is -1.98. The number of nitrogens with two attached hydrogens (primary N) is 1. The first-order valence-corrected chi connectivity index (χ1v) is 27.3. The molecule has 0 aromatic heterocycles. The van der Waals surface area contributed by atoms with Crippen molar-refractivity contribution in [1.82, 2.24) is 31.9 Å². The zero-order chi connectivity index (χ0) is 57.6. The van der Waals surface area contributed by atoms with E-state index in [0.29, 0.717) is 19.3 Å². The fraction of sp³-hybridized carbons (Fsp3) is 0.646. The highest BCUT2D eigenvalue weighted by molar-refractivity contribution is 8.76. The predicted octanol–water partition coefficient (Wildman–Crippen LogP) is -0.790. The lowest BCUT2D eigenvalue weighted by atomic mass is 9.48. The number of hydrogen-bond donors (Lipinski definition) is 13. The highest BCUT2D eigenvalue weighted by atomic mass is 33.1. The Labute approximate surface area is 451 Å². The smallest absolute Gasteiger partial charge is 0.481 e. The number of allylic oxidation sites excluding steroid dienone is 4. The summed E-state index contributed by atoms with van der Waals surface area (Å²) in [6.45, 7) is 4.41.